The van der Waals surface area contributed by atoms with Crippen molar-refractivity contribution in [3.05, 3.63) is 59.2 Å². The summed E-state index contributed by atoms with van der Waals surface area (Å²) in [6.45, 7) is 2.03. The van der Waals surface area contributed by atoms with E-state index < -0.39 is 0 Å². The first-order valence-corrected chi connectivity index (χ1v) is 8.16. The van der Waals surface area contributed by atoms with E-state index in [9.17, 15) is 4.79 Å². The number of nitrogens with one attached hydrogen (secondary N) is 1. The number of carbonyl (C=O) groups excluding carboxylic acids is 1. The standard InChI is InChI=1S/C20H23NO3/c1-14-6-4-5-7-15(14)12-19(22)21-20(10-11-20)16-8-9-17(23-2)18(13-16)24-3/h4-9,13H,10-12H2,1-3H3,(H,21,22). The van der Waals surface area contributed by atoms with E-state index in [4.69, 9.17) is 9.47 Å². The highest BCUT2D eigenvalue weighted by atomic mass is 16.5. The Kier molecular flexibility index (Phi) is 4.47. The monoisotopic (exact) mass is 325 g/mol. The maximum Gasteiger partial charge on any atom is 0.225 e. The number of aryl methyl sites for hydroxylation is 1. The van der Waals surface area contributed by atoms with E-state index in [0.29, 0.717) is 17.9 Å². The maximum atomic E-state index is 12.5. The zero-order chi connectivity index (χ0) is 17.2. The summed E-state index contributed by atoms with van der Waals surface area (Å²) in [7, 11) is 3.24. The second kappa shape index (κ2) is 6.56. The largest absolute Gasteiger partial charge is 0.493 e. The predicted molar refractivity (Wildman–Crippen MR) is 93.5 cm³/mol. The molecule has 126 valence electrons. The normalized spacial score (nSPS) is 14.8. The van der Waals surface area contributed by atoms with Crippen molar-refractivity contribution in [3.63, 3.8) is 0 Å². The number of amides is 1. The number of carbonyl (C=O) groups is 1. The van der Waals surface area contributed by atoms with E-state index in [-0.39, 0.29) is 11.4 Å². The summed E-state index contributed by atoms with van der Waals surface area (Å²) in [5, 5.41) is 3.21. The smallest absolute Gasteiger partial charge is 0.225 e. The summed E-state index contributed by atoms with van der Waals surface area (Å²) in [5.74, 6) is 1.44. The molecule has 24 heavy (non-hydrogen) atoms. The third-order valence-corrected chi connectivity index (χ3v) is 4.68. The molecule has 0 saturated heterocycles. The molecule has 0 aliphatic heterocycles. The van der Waals surface area contributed by atoms with Crippen LogP contribution in [0.15, 0.2) is 42.5 Å². The molecule has 4 heteroatoms. The molecule has 1 aliphatic carbocycles. The lowest BCUT2D eigenvalue weighted by atomic mass is 10.0. The summed E-state index contributed by atoms with van der Waals surface area (Å²) in [5.41, 5.74) is 3.01. The van der Waals surface area contributed by atoms with Crippen molar-refractivity contribution in [1.29, 1.82) is 0 Å². The summed E-state index contributed by atoms with van der Waals surface area (Å²) in [4.78, 5) is 12.5. The van der Waals surface area contributed by atoms with Gasteiger partial charge in [0.25, 0.3) is 0 Å². The molecule has 0 atom stereocenters. The lowest BCUT2D eigenvalue weighted by molar-refractivity contribution is -0.121. The number of methoxy groups -OCH3 is 2. The van der Waals surface area contributed by atoms with Crippen LogP contribution >= 0.6 is 0 Å². The third kappa shape index (κ3) is 3.23. The molecule has 2 aromatic carbocycles. The molecule has 2 aromatic rings. The van der Waals surface area contributed by atoms with Gasteiger partial charge in [0.15, 0.2) is 11.5 Å². The molecule has 1 amide bonds. The first kappa shape index (κ1) is 16.4. The molecule has 1 saturated carbocycles. The third-order valence-electron chi connectivity index (χ3n) is 4.68. The fourth-order valence-corrected chi connectivity index (χ4v) is 3.04. The van der Waals surface area contributed by atoms with Crippen molar-refractivity contribution in [2.24, 2.45) is 0 Å². The lowest BCUT2D eigenvalue weighted by Crippen LogP contribution is -2.36. The van der Waals surface area contributed by atoms with E-state index in [0.717, 1.165) is 29.5 Å². The van der Waals surface area contributed by atoms with Gasteiger partial charge in [-0.15, -0.1) is 0 Å². The van der Waals surface area contributed by atoms with E-state index in [2.05, 4.69) is 5.32 Å². The fourth-order valence-electron chi connectivity index (χ4n) is 3.04. The molecule has 0 bridgehead atoms. The van der Waals surface area contributed by atoms with Crippen molar-refractivity contribution in [2.45, 2.75) is 31.7 Å². The summed E-state index contributed by atoms with van der Waals surface area (Å²) < 4.78 is 10.7. The van der Waals surface area contributed by atoms with Crippen molar-refractivity contribution in [3.8, 4) is 11.5 Å². The van der Waals surface area contributed by atoms with Gasteiger partial charge in [-0.3, -0.25) is 4.79 Å². The summed E-state index contributed by atoms with van der Waals surface area (Å²) in [6.07, 6.45) is 2.30. The quantitative estimate of drug-likeness (QED) is 0.886. The molecule has 0 radical (unpaired) electrons. The van der Waals surface area contributed by atoms with Crippen LogP contribution in [-0.4, -0.2) is 20.1 Å². The predicted octanol–water partition coefficient (Wildman–Crippen LogP) is 3.36. The van der Waals surface area contributed by atoms with Crippen LogP contribution < -0.4 is 14.8 Å². The number of hydrogen-bond acceptors (Lipinski definition) is 3. The van der Waals surface area contributed by atoms with Crippen LogP contribution in [-0.2, 0) is 16.8 Å². The minimum atomic E-state index is -0.265. The maximum absolute atomic E-state index is 12.5. The van der Waals surface area contributed by atoms with Crippen molar-refractivity contribution >= 4 is 5.91 Å². The Morgan fingerprint density at radius 3 is 2.42 bits per heavy atom. The molecule has 0 aromatic heterocycles. The van der Waals surface area contributed by atoms with E-state index in [1.807, 2.05) is 49.4 Å². The van der Waals surface area contributed by atoms with Crippen LogP contribution in [0.25, 0.3) is 0 Å². The second-order valence-corrected chi connectivity index (χ2v) is 6.30. The minimum Gasteiger partial charge on any atom is -0.493 e. The molecule has 1 N–H and O–H groups in total. The average Bonchev–Trinajstić information content (AvgIpc) is 3.36. The van der Waals surface area contributed by atoms with Gasteiger partial charge < -0.3 is 14.8 Å². The fraction of sp³-hybridized carbons (Fsp3) is 0.350. The van der Waals surface area contributed by atoms with Crippen molar-refractivity contribution < 1.29 is 14.3 Å². The van der Waals surface area contributed by atoms with Gasteiger partial charge >= 0.3 is 0 Å². The SMILES string of the molecule is COc1ccc(C2(NC(=O)Cc3ccccc3C)CC2)cc1OC. The van der Waals surface area contributed by atoms with Crippen LogP contribution in [0.2, 0.25) is 0 Å². The zero-order valence-corrected chi connectivity index (χ0v) is 14.4. The van der Waals surface area contributed by atoms with Gasteiger partial charge in [-0.25, -0.2) is 0 Å². The number of rotatable bonds is 6. The molecule has 0 unspecified atom stereocenters. The summed E-state index contributed by atoms with van der Waals surface area (Å²) in [6, 6.07) is 13.8. The van der Waals surface area contributed by atoms with Gasteiger partial charge in [-0.05, 0) is 48.6 Å². The number of benzene rings is 2. The van der Waals surface area contributed by atoms with E-state index in [1.165, 1.54) is 0 Å². The van der Waals surface area contributed by atoms with Gasteiger partial charge in [0, 0.05) is 0 Å². The Hall–Kier alpha value is -2.49. The zero-order valence-electron chi connectivity index (χ0n) is 14.4. The Morgan fingerprint density at radius 2 is 1.79 bits per heavy atom. The highest BCUT2D eigenvalue weighted by Crippen LogP contribution is 2.47. The molecule has 1 fully saturated rings. The van der Waals surface area contributed by atoms with E-state index in [1.54, 1.807) is 14.2 Å². The molecule has 1 aliphatic rings. The number of ether oxygens (including phenoxy) is 2. The van der Waals surface area contributed by atoms with Gasteiger partial charge in [0.1, 0.15) is 0 Å². The minimum absolute atomic E-state index is 0.0524. The average molecular weight is 325 g/mol. The van der Waals surface area contributed by atoms with Gasteiger partial charge in [0.2, 0.25) is 5.91 Å². The van der Waals surface area contributed by atoms with Crippen LogP contribution in [0.4, 0.5) is 0 Å². The van der Waals surface area contributed by atoms with Crippen LogP contribution in [0.3, 0.4) is 0 Å². The Labute approximate surface area is 142 Å². The Balaban J connectivity index is 1.75. The van der Waals surface area contributed by atoms with Crippen LogP contribution in [0.1, 0.15) is 29.5 Å². The van der Waals surface area contributed by atoms with Crippen LogP contribution in [0, 0.1) is 6.92 Å². The molecular formula is C20H23NO3. The van der Waals surface area contributed by atoms with E-state index >= 15 is 0 Å². The van der Waals surface area contributed by atoms with Gasteiger partial charge in [0.05, 0.1) is 26.2 Å². The molecule has 3 rings (SSSR count). The highest BCUT2D eigenvalue weighted by molar-refractivity contribution is 5.80. The molecule has 4 nitrogen and oxygen atoms in total. The topological polar surface area (TPSA) is 47.6 Å². The Bertz CT molecular complexity index is 750. The van der Waals surface area contributed by atoms with Crippen molar-refractivity contribution in [2.75, 3.05) is 14.2 Å². The molecular weight excluding hydrogens is 302 g/mol. The first-order valence-electron chi connectivity index (χ1n) is 8.16. The number of hydrogen-bond donors (Lipinski definition) is 1. The molecule has 0 heterocycles. The first-order chi connectivity index (χ1) is 11.6. The lowest BCUT2D eigenvalue weighted by Gasteiger charge is -2.20. The Morgan fingerprint density at radius 1 is 1.08 bits per heavy atom. The van der Waals surface area contributed by atoms with Gasteiger partial charge in [-0.1, -0.05) is 30.3 Å². The summed E-state index contributed by atoms with van der Waals surface area (Å²) >= 11 is 0. The van der Waals surface area contributed by atoms with Crippen molar-refractivity contribution in [1.82, 2.24) is 5.32 Å². The highest BCUT2D eigenvalue weighted by Gasteiger charge is 2.46. The second-order valence-electron chi connectivity index (χ2n) is 6.30. The van der Waals surface area contributed by atoms with Crippen LogP contribution in [0.5, 0.6) is 11.5 Å². The van der Waals surface area contributed by atoms with Gasteiger partial charge in [-0.2, -0.15) is 0 Å². The molecule has 0 spiro atoms.